The van der Waals surface area contributed by atoms with Crippen LogP contribution in [-0.2, 0) is 0 Å². The van der Waals surface area contributed by atoms with Crippen molar-refractivity contribution in [1.29, 1.82) is 5.26 Å². The molecule has 0 aliphatic heterocycles. The fourth-order valence-electron chi connectivity index (χ4n) is 1.75. The summed E-state index contributed by atoms with van der Waals surface area (Å²) in [5.74, 6) is 0. The number of hydrogen-bond acceptors (Lipinski definition) is 3. The number of aryl methyl sites for hydroxylation is 2. The highest BCUT2D eigenvalue weighted by Crippen LogP contribution is 2.27. The quantitative estimate of drug-likeness (QED) is 0.710. The van der Waals surface area contributed by atoms with Gasteiger partial charge in [-0.15, -0.1) is 12.6 Å². The van der Waals surface area contributed by atoms with Crippen molar-refractivity contribution in [2.24, 2.45) is 0 Å². The molecule has 0 spiro atoms. The molecule has 2 rings (SSSR count). The Hall–Kier alpha value is -1.53. The van der Waals surface area contributed by atoms with E-state index in [1.165, 1.54) is 0 Å². The summed E-state index contributed by atoms with van der Waals surface area (Å²) in [7, 11) is 0. The Kier molecular flexibility index (Phi) is 4.53. The SMILES string of the molecule is CC.Cc1c(S)ccc2ncc(C#N)c(C)c12. The zero-order valence-electron chi connectivity index (χ0n) is 10.6. The van der Waals surface area contributed by atoms with Crippen LogP contribution in [0.15, 0.2) is 23.2 Å². The van der Waals surface area contributed by atoms with Crippen LogP contribution in [0.2, 0.25) is 0 Å². The molecule has 1 aromatic carbocycles. The van der Waals surface area contributed by atoms with Gasteiger partial charge < -0.3 is 0 Å². The van der Waals surface area contributed by atoms with E-state index in [2.05, 4.69) is 23.7 Å². The van der Waals surface area contributed by atoms with Crippen molar-refractivity contribution in [2.75, 3.05) is 0 Å². The number of hydrogen-bond donors (Lipinski definition) is 1. The number of fused-ring (bicyclic) bond motifs is 1. The summed E-state index contributed by atoms with van der Waals surface area (Å²) in [6, 6.07) is 6.01. The lowest BCUT2D eigenvalue weighted by molar-refractivity contribution is 1.27. The van der Waals surface area contributed by atoms with E-state index in [1.807, 2.05) is 39.8 Å². The van der Waals surface area contributed by atoms with Gasteiger partial charge in [-0.1, -0.05) is 13.8 Å². The molecular weight excluding hydrogens is 228 g/mol. The van der Waals surface area contributed by atoms with Gasteiger partial charge in [-0.25, -0.2) is 0 Å². The molecule has 2 aromatic rings. The maximum absolute atomic E-state index is 8.93. The number of rotatable bonds is 0. The maximum atomic E-state index is 8.93. The molecule has 0 aliphatic carbocycles. The van der Waals surface area contributed by atoms with E-state index >= 15 is 0 Å². The summed E-state index contributed by atoms with van der Waals surface area (Å²) in [5, 5.41) is 9.97. The predicted octanol–water partition coefficient (Wildman–Crippen LogP) is 4.04. The summed E-state index contributed by atoms with van der Waals surface area (Å²) < 4.78 is 0. The smallest absolute Gasteiger partial charge is 0.101 e. The van der Waals surface area contributed by atoms with Gasteiger partial charge in [-0.05, 0) is 37.1 Å². The predicted molar refractivity (Wildman–Crippen MR) is 74.5 cm³/mol. The van der Waals surface area contributed by atoms with Crippen molar-refractivity contribution in [3.63, 3.8) is 0 Å². The molecule has 0 saturated carbocycles. The minimum absolute atomic E-state index is 0.629. The average molecular weight is 244 g/mol. The third-order valence-electron chi connectivity index (χ3n) is 2.65. The monoisotopic (exact) mass is 244 g/mol. The third-order valence-corrected chi connectivity index (χ3v) is 3.13. The molecule has 0 N–H and O–H groups in total. The van der Waals surface area contributed by atoms with E-state index < -0.39 is 0 Å². The zero-order valence-corrected chi connectivity index (χ0v) is 11.5. The molecule has 88 valence electrons. The first-order chi connectivity index (χ1) is 8.15. The van der Waals surface area contributed by atoms with Crippen molar-refractivity contribution in [2.45, 2.75) is 32.6 Å². The summed E-state index contributed by atoms with van der Waals surface area (Å²) in [5.41, 5.74) is 3.61. The van der Waals surface area contributed by atoms with Gasteiger partial charge in [0.2, 0.25) is 0 Å². The number of thiol groups is 1. The highest BCUT2D eigenvalue weighted by atomic mass is 32.1. The van der Waals surface area contributed by atoms with Gasteiger partial charge in [-0.3, -0.25) is 4.98 Å². The number of pyridine rings is 1. The molecule has 0 aliphatic rings. The number of benzene rings is 1. The molecule has 3 heteroatoms. The van der Waals surface area contributed by atoms with Crippen molar-refractivity contribution < 1.29 is 0 Å². The number of nitrogens with zero attached hydrogens (tertiary/aromatic N) is 2. The van der Waals surface area contributed by atoms with E-state index in [9.17, 15) is 0 Å². The average Bonchev–Trinajstić information content (AvgIpc) is 2.36. The van der Waals surface area contributed by atoms with E-state index in [1.54, 1.807) is 6.20 Å². The van der Waals surface area contributed by atoms with Gasteiger partial charge in [0.15, 0.2) is 0 Å². The summed E-state index contributed by atoms with van der Waals surface area (Å²) in [6.45, 7) is 7.95. The Bertz CT molecular complexity index is 583. The minimum atomic E-state index is 0.629. The lowest BCUT2D eigenvalue weighted by Gasteiger charge is -2.08. The second kappa shape index (κ2) is 5.70. The molecule has 0 fully saturated rings. The molecule has 17 heavy (non-hydrogen) atoms. The molecule has 0 unspecified atom stereocenters. The molecule has 0 atom stereocenters. The van der Waals surface area contributed by atoms with E-state index in [0.717, 1.165) is 26.9 Å². The molecule has 1 heterocycles. The van der Waals surface area contributed by atoms with E-state index in [-0.39, 0.29) is 0 Å². The van der Waals surface area contributed by atoms with E-state index in [4.69, 9.17) is 5.26 Å². The van der Waals surface area contributed by atoms with Gasteiger partial charge in [0.25, 0.3) is 0 Å². The second-order valence-corrected chi connectivity index (χ2v) is 3.99. The lowest BCUT2D eigenvalue weighted by atomic mass is 10.0. The highest BCUT2D eigenvalue weighted by Gasteiger charge is 2.08. The maximum Gasteiger partial charge on any atom is 0.101 e. The number of nitriles is 1. The van der Waals surface area contributed by atoms with Crippen LogP contribution in [0.1, 0.15) is 30.5 Å². The standard InChI is InChI=1S/C12H10N2S.C2H6/c1-7-9(5-13)6-14-10-3-4-11(15)8(2)12(7)10;1-2/h3-4,6,15H,1-2H3;1-2H3. The largest absolute Gasteiger partial charge is 0.255 e. The number of aromatic nitrogens is 1. The molecule has 1 aromatic heterocycles. The third kappa shape index (κ3) is 2.42. The van der Waals surface area contributed by atoms with Crippen LogP contribution >= 0.6 is 12.6 Å². The normalized spacial score (nSPS) is 9.41. The van der Waals surface area contributed by atoms with Crippen LogP contribution in [0, 0.1) is 25.2 Å². The van der Waals surface area contributed by atoms with E-state index in [0.29, 0.717) is 5.56 Å². The van der Waals surface area contributed by atoms with Crippen LogP contribution < -0.4 is 0 Å². The first-order valence-electron chi connectivity index (χ1n) is 5.63. The topological polar surface area (TPSA) is 36.7 Å². The molecule has 0 bridgehead atoms. The summed E-state index contributed by atoms with van der Waals surface area (Å²) >= 11 is 4.37. The van der Waals surface area contributed by atoms with Crippen molar-refractivity contribution in [1.82, 2.24) is 4.98 Å². The van der Waals surface area contributed by atoms with Crippen LogP contribution in [0.3, 0.4) is 0 Å². The molecular formula is C14H16N2S. The fraction of sp³-hybridized carbons (Fsp3) is 0.286. The first-order valence-corrected chi connectivity index (χ1v) is 6.08. The van der Waals surface area contributed by atoms with Gasteiger partial charge in [0.05, 0.1) is 11.1 Å². The van der Waals surface area contributed by atoms with Gasteiger partial charge >= 0.3 is 0 Å². The molecule has 0 saturated heterocycles. The van der Waals surface area contributed by atoms with Crippen molar-refractivity contribution >= 4 is 23.5 Å². The zero-order chi connectivity index (χ0) is 13.0. The molecule has 0 radical (unpaired) electrons. The van der Waals surface area contributed by atoms with Crippen molar-refractivity contribution in [3.05, 3.63) is 35.0 Å². The van der Waals surface area contributed by atoms with Gasteiger partial charge in [-0.2, -0.15) is 5.26 Å². The second-order valence-electron chi connectivity index (χ2n) is 3.51. The van der Waals surface area contributed by atoms with Gasteiger partial charge in [0.1, 0.15) is 6.07 Å². The molecule has 2 nitrogen and oxygen atoms in total. The first kappa shape index (κ1) is 13.5. The van der Waals surface area contributed by atoms with Crippen LogP contribution in [0.25, 0.3) is 10.9 Å². The lowest BCUT2D eigenvalue weighted by Crippen LogP contribution is -1.91. The Balaban J connectivity index is 0.000000686. The Morgan fingerprint density at radius 1 is 1.18 bits per heavy atom. The Morgan fingerprint density at radius 2 is 1.82 bits per heavy atom. The van der Waals surface area contributed by atoms with Crippen LogP contribution in [0.4, 0.5) is 0 Å². The minimum Gasteiger partial charge on any atom is -0.255 e. The van der Waals surface area contributed by atoms with Crippen LogP contribution in [0.5, 0.6) is 0 Å². The van der Waals surface area contributed by atoms with Crippen LogP contribution in [-0.4, -0.2) is 4.98 Å². The fourth-order valence-corrected chi connectivity index (χ4v) is 1.93. The highest BCUT2D eigenvalue weighted by molar-refractivity contribution is 7.80. The summed E-state index contributed by atoms with van der Waals surface area (Å²) in [6.07, 6.45) is 1.62. The Morgan fingerprint density at radius 3 is 2.41 bits per heavy atom. The summed E-state index contributed by atoms with van der Waals surface area (Å²) in [4.78, 5) is 5.19. The van der Waals surface area contributed by atoms with Crippen molar-refractivity contribution in [3.8, 4) is 6.07 Å². The molecule has 0 amide bonds. The Labute approximate surface area is 108 Å². The van der Waals surface area contributed by atoms with Gasteiger partial charge in [0, 0.05) is 16.5 Å².